The fourth-order valence-corrected chi connectivity index (χ4v) is 3.22. The van der Waals surface area contributed by atoms with Gasteiger partial charge in [-0.25, -0.2) is 0 Å². The van der Waals surface area contributed by atoms with E-state index in [1.165, 1.54) is 17.0 Å². The van der Waals surface area contributed by atoms with E-state index in [1.54, 1.807) is 0 Å². The molecule has 0 N–H and O–H groups in total. The van der Waals surface area contributed by atoms with Crippen molar-refractivity contribution in [3.63, 3.8) is 0 Å². The van der Waals surface area contributed by atoms with Crippen LogP contribution >= 0.6 is 0 Å². The highest BCUT2D eigenvalue weighted by molar-refractivity contribution is 5.61. The van der Waals surface area contributed by atoms with Crippen LogP contribution in [0.5, 0.6) is 5.75 Å². The molecule has 0 atom stereocenters. The summed E-state index contributed by atoms with van der Waals surface area (Å²) in [7, 11) is 0. The van der Waals surface area contributed by atoms with Crippen LogP contribution in [0.15, 0.2) is 115 Å². The molecule has 1 nitrogen and oxygen atoms in total. The Hall–Kier alpha value is -3.32. The molecule has 131 valence electrons. The van der Waals surface area contributed by atoms with Crippen molar-refractivity contribution >= 4 is 0 Å². The monoisotopic (exact) mass is 349 g/mol. The van der Waals surface area contributed by atoms with Crippen LogP contribution < -0.4 is 4.74 Å². The highest BCUT2D eigenvalue weighted by Crippen LogP contribution is 2.36. The third-order valence-electron chi connectivity index (χ3n) is 4.52. The van der Waals surface area contributed by atoms with Gasteiger partial charge in [0, 0.05) is 5.56 Å². The molecule has 27 heavy (non-hydrogen) atoms. The van der Waals surface area contributed by atoms with E-state index >= 15 is 0 Å². The molecule has 4 aromatic carbocycles. The van der Waals surface area contributed by atoms with E-state index in [0.29, 0.717) is 6.61 Å². The molecule has 0 saturated carbocycles. The van der Waals surface area contributed by atoms with Gasteiger partial charge < -0.3 is 4.74 Å². The Morgan fingerprint density at radius 1 is 0.519 bits per heavy atom. The minimum Gasteiger partial charge on any atom is -0.489 e. The molecular formula is C26H21O. The molecule has 0 saturated heterocycles. The fourth-order valence-electron chi connectivity index (χ4n) is 3.22. The first kappa shape index (κ1) is 17.1. The van der Waals surface area contributed by atoms with Gasteiger partial charge in [-0.15, -0.1) is 0 Å². The minimum atomic E-state index is 0.550. The van der Waals surface area contributed by atoms with Gasteiger partial charge in [-0.3, -0.25) is 0 Å². The number of hydrogen-bond donors (Lipinski definition) is 0. The zero-order chi connectivity index (χ0) is 18.3. The maximum Gasteiger partial charge on any atom is 0.124 e. The lowest BCUT2D eigenvalue weighted by atomic mass is 9.85. The summed E-state index contributed by atoms with van der Waals surface area (Å²) in [4.78, 5) is 0. The number of benzene rings is 4. The molecule has 0 aliphatic heterocycles. The smallest absolute Gasteiger partial charge is 0.124 e. The molecule has 0 aromatic heterocycles. The molecule has 1 radical (unpaired) electrons. The van der Waals surface area contributed by atoms with Crippen LogP contribution in [0.25, 0.3) is 0 Å². The van der Waals surface area contributed by atoms with Gasteiger partial charge in [-0.1, -0.05) is 109 Å². The summed E-state index contributed by atoms with van der Waals surface area (Å²) in [5, 5.41) is 0. The minimum absolute atomic E-state index is 0.550. The average molecular weight is 349 g/mol. The second-order valence-electron chi connectivity index (χ2n) is 6.38. The third kappa shape index (κ3) is 4.09. The number of ether oxygens (including phenoxy) is 1. The Morgan fingerprint density at radius 3 is 1.59 bits per heavy atom. The Labute approximate surface area is 160 Å². The molecule has 0 aliphatic rings. The van der Waals surface area contributed by atoms with Gasteiger partial charge in [0.15, 0.2) is 0 Å². The Bertz CT molecular complexity index is 923. The second kappa shape index (κ2) is 8.37. The van der Waals surface area contributed by atoms with Crippen LogP contribution in [0.2, 0.25) is 0 Å². The molecule has 0 heterocycles. The van der Waals surface area contributed by atoms with Gasteiger partial charge >= 0.3 is 0 Å². The van der Waals surface area contributed by atoms with Gasteiger partial charge in [0.05, 0.1) is 5.92 Å². The summed E-state index contributed by atoms with van der Waals surface area (Å²) < 4.78 is 6.23. The summed E-state index contributed by atoms with van der Waals surface area (Å²) in [6.45, 7) is 0.550. The van der Waals surface area contributed by atoms with E-state index in [1.807, 2.05) is 42.5 Å². The molecule has 0 unspecified atom stereocenters. The van der Waals surface area contributed by atoms with Gasteiger partial charge in [-0.2, -0.15) is 0 Å². The molecule has 0 amide bonds. The first-order valence-electron chi connectivity index (χ1n) is 9.16. The third-order valence-corrected chi connectivity index (χ3v) is 4.52. The molecule has 4 rings (SSSR count). The highest BCUT2D eigenvalue weighted by atomic mass is 16.5. The highest BCUT2D eigenvalue weighted by Gasteiger charge is 2.21. The Balaban J connectivity index is 1.72. The first-order valence-corrected chi connectivity index (χ1v) is 9.16. The number of para-hydroxylation sites is 1. The molecule has 0 bridgehead atoms. The van der Waals surface area contributed by atoms with Crippen LogP contribution in [0.1, 0.15) is 22.3 Å². The van der Waals surface area contributed by atoms with Crippen LogP contribution in [-0.4, -0.2) is 0 Å². The van der Waals surface area contributed by atoms with Gasteiger partial charge in [0.1, 0.15) is 12.4 Å². The lowest BCUT2D eigenvalue weighted by Crippen LogP contribution is -2.07. The summed E-state index contributed by atoms with van der Waals surface area (Å²) in [6.07, 6.45) is 0. The standard InChI is InChI=1S/C26H21O/c1-4-12-21(13-5-1)20-27-25-19-11-10-18-24(25)26(22-14-6-2-7-15-22)23-16-8-3-9-17-23/h1-19H,20H2. The van der Waals surface area contributed by atoms with Crippen molar-refractivity contribution in [3.8, 4) is 5.75 Å². The van der Waals surface area contributed by atoms with Crippen molar-refractivity contribution in [1.29, 1.82) is 0 Å². The van der Waals surface area contributed by atoms with E-state index in [2.05, 4.69) is 72.8 Å². The largest absolute Gasteiger partial charge is 0.489 e. The van der Waals surface area contributed by atoms with E-state index in [-0.39, 0.29) is 0 Å². The van der Waals surface area contributed by atoms with Crippen molar-refractivity contribution in [3.05, 3.63) is 143 Å². The maximum atomic E-state index is 6.23. The summed E-state index contributed by atoms with van der Waals surface area (Å²) in [5.41, 5.74) is 4.62. The van der Waals surface area contributed by atoms with E-state index in [0.717, 1.165) is 16.9 Å². The average Bonchev–Trinajstić information content (AvgIpc) is 2.76. The topological polar surface area (TPSA) is 9.23 Å². The second-order valence-corrected chi connectivity index (χ2v) is 6.38. The van der Waals surface area contributed by atoms with Crippen molar-refractivity contribution in [2.45, 2.75) is 6.61 Å². The Kier molecular flexibility index (Phi) is 5.31. The van der Waals surface area contributed by atoms with Crippen molar-refractivity contribution in [2.24, 2.45) is 0 Å². The lowest BCUT2D eigenvalue weighted by molar-refractivity contribution is 0.304. The molecule has 1 heteroatoms. The van der Waals surface area contributed by atoms with Gasteiger partial charge in [0.2, 0.25) is 0 Å². The SMILES string of the molecule is c1ccc(COc2ccccc2[C](c2ccccc2)c2ccccc2)cc1. The molecule has 0 aliphatic carbocycles. The van der Waals surface area contributed by atoms with Crippen molar-refractivity contribution < 1.29 is 4.74 Å². The summed E-state index contributed by atoms with van der Waals surface area (Å²) >= 11 is 0. The summed E-state index contributed by atoms with van der Waals surface area (Å²) in [6, 6.07) is 39.5. The zero-order valence-electron chi connectivity index (χ0n) is 15.1. The van der Waals surface area contributed by atoms with Crippen LogP contribution in [-0.2, 0) is 6.61 Å². The normalized spacial score (nSPS) is 10.7. The zero-order valence-corrected chi connectivity index (χ0v) is 15.1. The number of hydrogen-bond acceptors (Lipinski definition) is 1. The predicted octanol–water partition coefficient (Wildman–Crippen LogP) is 6.28. The van der Waals surface area contributed by atoms with E-state index < -0.39 is 0 Å². The van der Waals surface area contributed by atoms with E-state index in [4.69, 9.17) is 4.74 Å². The Morgan fingerprint density at radius 2 is 1.00 bits per heavy atom. The maximum absolute atomic E-state index is 6.23. The van der Waals surface area contributed by atoms with Crippen LogP contribution in [0.3, 0.4) is 0 Å². The number of rotatable bonds is 6. The van der Waals surface area contributed by atoms with Crippen molar-refractivity contribution in [2.75, 3.05) is 0 Å². The molecule has 4 aromatic rings. The quantitative estimate of drug-likeness (QED) is 0.372. The van der Waals surface area contributed by atoms with Crippen LogP contribution in [0.4, 0.5) is 0 Å². The molecular weight excluding hydrogens is 328 g/mol. The van der Waals surface area contributed by atoms with E-state index in [9.17, 15) is 0 Å². The predicted molar refractivity (Wildman–Crippen MR) is 111 cm³/mol. The van der Waals surface area contributed by atoms with Crippen LogP contribution in [0, 0.1) is 5.92 Å². The van der Waals surface area contributed by atoms with Crippen molar-refractivity contribution in [1.82, 2.24) is 0 Å². The lowest BCUT2D eigenvalue weighted by Gasteiger charge is -2.21. The first-order chi connectivity index (χ1) is 13.4. The molecule has 0 spiro atoms. The fraction of sp³-hybridized carbons (Fsp3) is 0.0385. The molecule has 0 fully saturated rings. The summed E-state index contributed by atoms with van der Waals surface area (Å²) in [5.74, 6) is 2.07. The van der Waals surface area contributed by atoms with Gasteiger partial charge in [0.25, 0.3) is 0 Å². The van der Waals surface area contributed by atoms with Gasteiger partial charge in [-0.05, 0) is 22.8 Å².